The normalized spacial score (nSPS) is 17.8. The zero-order valence-corrected chi connectivity index (χ0v) is 15.8. The van der Waals surface area contributed by atoms with Crippen LogP contribution in [0.25, 0.3) is 11.3 Å². The molecule has 6 heteroatoms. The first-order chi connectivity index (χ1) is 13.6. The molecule has 4 rings (SSSR count). The number of aromatic nitrogens is 1. The van der Waals surface area contributed by atoms with E-state index >= 15 is 0 Å². The van der Waals surface area contributed by atoms with Gasteiger partial charge >= 0.3 is 0 Å². The number of nitrogens with zero attached hydrogens (tertiary/aromatic N) is 3. The highest BCUT2D eigenvalue weighted by Gasteiger charge is 2.31. The highest BCUT2D eigenvalue weighted by atomic mass is 19.1. The summed E-state index contributed by atoms with van der Waals surface area (Å²) in [6.45, 7) is 2.51. The standard InChI is InChI=1S/C22H24FN3O2/c23-19-6-2-11-24-20(19)16-7-9-18(10-8-16)22(28)26-13-3-12-25(14-15-26)21(27)17-4-1-5-17/h2,6-11,17H,1,3-5,12-15H2. The highest BCUT2D eigenvalue weighted by molar-refractivity contribution is 5.94. The van der Waals surface area contributed by atoms with Gasteiger partial charge in [0.1, 0.15) is 11.5 Å². The fourth-order valence-electron chi connectivity index (χ4n) is 3.81. The molecule has 0 unspecified atom stereocenters. The van der Waals surface area contributed by atoms with Gasteiger partial charge in [-0.15, -0.1) is 0 Å². The smallest absolute Gasteiger partial charge is 0.253 e. The second-order valence-electron chi connectivity index (χ2n) is 7.51. The van der Waals surface area contributed by atoms with Crippen LogP contribution in [0.4, 0.5) is 4.39 Å². The summed E-state index contributed by atoms with van der Waals surface area (Å²) in [4.78, 5) is 33.1. The van der Waals surface area contributed by atoms with Gasteiger partial charge < -0.3 is 9.80 Å². The van der Waals surface area contributed by atoms with Crippen LogP contribution in [0.15, 0.2) is 42.6 Å². The van der Waals surface area contributed by atoms with Gasteiger partial charge in [0.25, 0.3) is 5.91 Å². The number of halogens is 1. The van der Waals surface area contributed by atoms with Crippen LogP contribution in [0.2, 0.25) is 0 Å². The summed E-state index contributed by atoms with van der Waals surface area (Å²) in [6.07, 6.45) is 5.49. The molecule has 5 nitrogen and oxygen atoms in total. The first-order valence-electron chi connectivity index (χ1n) is 9.92. The van der Waals surface area contributed by atoms with E-state index in [1.165, 1.54) is 6.07 Å². The first-order valence-corrected chi connectivity index (χ1v) is 9.92. The predicted octanol–water partition coefficient (Wildman–Crippen LogP) is 3.36. The number of carbonyl (C=O) groups is 2. The van der Waals surface area contributed by atoms with E-state index in [2.05, 4.69) is 4.98 Å². The molecular formula is C22H24FN3O2. The zero-order valence-electron chi connectivity index (χ0n) is 15.8. The van der Waals surface area contributed by atoms with Crippen molar-refractivity contribution in [2.45, 2.75) is 25.7 Å². The van der Waals surface area contributed by atoms with Crippen LogP contribution in [-0.4, -0.2) is 52.8 Å². The lowest BCUT2D eigenvalue weighted by Gasteiger charge is -2.31. The number of amides is 2. The SMILES string of the molecule is O=C(c1ccc(-c2ncccc2F)cc1)N1CCCN(C(=O)C2CCC2)CC1. The monoisotopic (exact) mass is 381 g/mol. The molecule has 2 fully saturated rings. The average molecular weight is 381 g/mol. The lowest BCUT2D eigenvalue weighted by Crippen LogP contribution is -2.41. The third kappa shape index (κ3) is 3.77. The van der Waals surface area contributed by atoms with Crippen molar-refractivity contribution in [3.63, 3.8) is 0 Å². The highest BCUT2D eigenvalue weighted by Crippen LogP contribution is 2.28. The molecule has 1 aromatic heterocycles. The van der Waals surface area contributed by atoms with E-state index in [-0.39, 0.29) is 29.2 Å². The molecular weight excluding hydrogens is 357 g/mol. The quantitative estimate of drug-likeness (QED) is 0.819. The maximum absolute atomic E-state index is 13.9. The molecule has 0 atom stereocenters. The van der Waals surface area contributed by atoms with Crippen LogP contribution in [0, 0.1) is 11.7 Å². The number of benzene rings is 1. The van der Waals surface area contributed by atoms with Gasteiger partial charge in [0.15, 0.2) is 0 Å². The topological polar surface area (TPSA) is 53.5 Å². The Morgan fingerprint density at radius 1 is 0.929 bits per heavy atom. The van der Waals surface area contributed by atoms with Crippen molar-refractivity contribution in [3.05, 3.63) is 54.0 Å². The maximum atomic E-state index is 13.9. The largest absolute Gasteiger partial charge is 0.341 e. The van der Waals surface area contributed by atoms with Crippen LogP contribution < -0.4 is 0 Å². The zero-order chi connectivity index (χ0) is 19.5. The van der Waals surface area contributed by atoms with Gasteiger partial charge in [-0.3, -0.25) is 14.6 Å². The van der Waals surface area contributed by atoms with Gasteiger partial charge in [0, 0.05) is 49.4 Å². The molecule has 1 aliphatic heterocycles. The Labute approximate surface area is 164 Å². The van der Waals surface area contributed by atoms with Gasteiger partial charge in [-0.25, -0.2) is 4.39 Å². The van der Waals surface area contributed by atoms with Gasteiger partial charge in [-0.05, 0) is 43.5 Å². The third-order valence-electron chi connectivity index (χ3n) is 5.71. The van der Waals surface area contributed by atoms with E-state index < -0.39 is 0 Å². The second kappa shape index (κ2) is 8.09. The molecule has 2 aliphatic rings. The number of rotatable bonds is 3. The van der Waals surface area contributed by atoms with E-state index in [1.54, 1.807) is 36.5 Å². The van der Waals surface area contributed by atoms with Crippen molar-refractivity contribution in [2.24, 2.45) is 5.92 Å². The number of hydrogen-bond donors (Lipinski definition) is 0. The Kier molecular flexibility index (Phi) is 5.37. The molecule has 28 heavy (non-hydrogen) atoms. The van der Waals surface area contributed by atoms with E-state index in [0.717, 1.165) is 32.2 Å². The molecule has 146 valence electrons. The molecule has 0 N–H and O–H groups in total. The molecule has 2 aromatic rings. The van der Waals surface area contributed by atoms with Gasteiger partial charge in [0.2, 0.25) is 5.91 Å². The van der Waals surface area contributed by atoms with Gasteiger partial charge in [0.05, 0.1) is 0 Å². The van der Waals surface area contributed by atoms with Crippen LogP contribution in [0.5, 0.6) is 0 Å². The fraction of sp³-hybridized carbons (Fsp3) is 0.409. The lowest BCUT2D eigenvalue weighted by molar-refractivity contribution is -0.138. The van der Waals surface area contributed by atoms with Crippen LogP contribution >= 0.6 is 0 Å². The van der Waals surface area contributed by atoms with E-state index in [1.807, 2.05) is 9.80 Å². The van der Waals surface area contributed by atoms with E-state index in [0.29, 0.717) is 30.8 Å². The number of carbonyl (C=O) groups excluding carboxylic acids is 2. The Morgan fingerprint density at radius 2 is 1.64 bits per heavy atom. The van der Waals surface area contributed by atoms with E-state index in [9.17, 15) is 14.0 Å². The van der Waals surface area contributed by atoms with Gasteiger partial charge in [-0.2, -0.15) is 0 Å². The summed E-state index contributed by atoms with van der Waals surface area (Å²) in [5.41, 5.74) is 1.49. The molecule has 2 heterocycles. The molecule has 0 bridgehead atoms. The number of hydrogen-bond acceptors (Lipinski definition) is 3. The molecule has 0 spiro atoms. The lowest BCUT2D eigenvalue weighted by atomic mass is 9.84. The second-order valence-corrected chi connectivity index (χ2v) is 7.51. The van der Waals surface area contributed by atoms with Gasteiger partial charge in [-0.1, -0.05) is 18.6 Å². The van der Waals surface area contributed by atoms with Crippen molar-refractivity contribution < 1.29 is 14.0 Å². The summed E-state index contributed by atoms with van der Waals surface area (Å²) in [7, 11) is 0. The minimum Gasteiger partial charge on any atom is -0.341 e. The third-order valence-corrected chi connectivity index (χ3v) is 5.71. The van der Waals surface area contributed by atoms with Crippen molar-refractivity contribution in [1.29, 1.82) is 0 Å². The summed E-state index contributed by atoms with van der Waals surface area (Å²) >= 11 is 0. The molecule has 1 aromatic carbocycles. The molecule has 1 saturated carbocycles. The van der Waals surface area contributed by atoms with Crippen molar-refractivity contribution >= 4 is 11.8 Å². The molecule has 2 amide bonds. The van der Waals surface area contributed by atoms with Crippen LogP contribution in [-0.2, 0) is 4.79 Å². The summed E-state index contributed by atoms with van der Waals surface area (Å²) in [5.74, 6) is 0.0142. The number of pyridine rings is 1. The first kappa shape index (κ1) is 18.6. The average Bonchev–Trinajstić information content (AvgIpc) is 2.93. The fourth-order valence-corrected chi connectivity index (χ4v) is 3.81. The Hall–Kier alpha value is -2.76. The minimum absolute atomic E-state index is 0.0500. The molecule has 1 saturated heterocycles. The van der Waals surface area contributed by atoms with E-state index in [4.69, 9.17) is 0 Å². The van der Waals surface area contributed by atoms with Crippen molar-refractivity contribution in [3.8, 4) is 11.3 Å². The summed E-state index contributed by atoms with van der Waals surface area (Å²) < 4.78 is 13.9. The van der Waals surface area contributed by atoms with Crippen LogP contribution in [0.1, 0.15) is 36.0 Å². The Morgan fingerprint density at radius 3 is 2.32 bits per heavy atom. The summed E-state index contributed by atoms with van der Waals surface area (Å²) in [6, 6.07) is 9.80. The molecule has 0 radical (unpaired) electrons. The Balaban J connectivity index is 1.41. The minimum atomic E-state index is -0.384. The van der Waals surface area contributed by atoms with Crippen LogP contribution in [0.3, 0.4) is 0 Å². The predicted molar refractivity (Wildman–Crippen MR) is 104 cm³/mol. The van der Waals surface area contributed by atoms with Crippen molar-refractivity contribution in [2.75, 3.05) is 26.2 Å². The summed E-state index contributed by atoms with van der Waals surface area (Å²) in [5, 5.41) is 0. The van der Waals surface area contributed by atoms with Crippen molar-refractivity contribution in [1.82, 2.24) is 14.8 Å². The Bertz CT molecular complexity index is 864. The molecule has 1 aliphatic carbocycles. The maximum Gasteiger partial charge on any atom is 0.253 e.